The van der Waals surface area contributed by atoms with Gasteiger partial charge in [0.25, 0.3) is 0 Å². The van der Waals surface area contributed by atoms with Crippen LogP contribution in [0.4, 0.5) is 11.4 Å². The van der Waals surface area contributed by atoms with Gasteiger partial charge in [0.2, 0.25) is 0 Å². The van der Waals surface area contributed by atoms with Gasteiger partial charge in [0.15, 0.2) is 0 Å². The van der Waals surface area contributed by atoms with Crippen LogP contribution in [0.1, 0.15) is 24.5 Å². The molecule has 116 valence electrons. The average Bonchev–Trinajstić information content (AvgIpc) is 2.58. The minimum atomic E-state index is 1.09. The van der Waals surface area contributed by atoms with Crippen LogP contribution in [-0.2, 0) is 6.42 Å². The van der Waals surface area contributed by atoms with Gasteiger partial charge in [-0.1, -0.05) is 67.4 Å². The summed E-state index contributed by atoms with van der Waals surface area (Å²) in [7, 11) is 0. The summed E-state index contributed by atoms with van der Waals surface area (Å²) in [5, 5.41) is 3.51. The lowest BCUT2D eigenvalue weighted by Gasteiger charge is -2.13. The van der Waals surface area contributed by atoms with E-state index in [2.05, 4.69) is 92.0 Å². The molecule has 0 heterocycles. The van der Waals surface area contributed by atoms with Crippen molar-refractivity contribution in [1.29, 1.82) is 0 Å². The molecular formula is C22H23N. The molecule has 1 nitrogen and oxygen atoms in total. The summed E-state index contributed by atoms with van der Waals surface area (Å²) in [5.41, 5.74) is 7.58. The largest absolute Gasteiger partial charge is 0.356 e. The quantitative estimate of drug-likeness (QED) is 0.578. The first kappa shape index (κ1) is 15.4. The summed E-state index contributed by atoms with van der Waals surface area (Å²) >= 11 is 0. The van der Waals surface area contributed by atoms with Crippen LogP contribution in [0.15, 0.2) is 72.8 Å². The van der Waals surface area contributed by atoms with E-state index >= 15 is 0 Å². The lowest BCUT2D eigenvalue weighted by atomic mass is 9.96. The summed E-state index contributed by atoms with van der Waals surface area (Å²) < 4.78 is 0. The molecule has 0 aromatic heterocycles. The van der Waals surface area contributed by atoms with Gasteiger partial charge >= 0.3 is 0 Å². The van der Waals surface area contributed by atoms with Crippen molar-refractivity contribution in [3.8, 4) is 11.1 Å². The molecule has 3 rings (SSSR count). The van der Waals surface area contributed by atoms with Gasteiger partial charge in [0.1, 0.15) is 0 Å². The van der Waals surface area contributed by atoms with Gasteiger partial charge in [-0.25, -0.2) is 0 Å². The Bertz CT molecular complexity index is 758. The van der Waals surface area contributed by atoms with Gasteiger partial charge < -0.3 is 5.32 Å². The van der Waals surface area contributed by atoms with Gasteiger partial charge in [-0.3, -0.25) is 0 Å². The lowest BCUT2D eigenvalue weighted by Crippen LogP contribution is -1.95. The first-order valence-electron chi connectivity index (χ1n) is 8.28. The molecule has 0 radical (unpaired) electrons. The van der Waals surface area contributed by atoms with E-state index in [9.17, 15) is 0 Å². The maximum atomic E-state index is 3.51. The zero-order valence-electron chi connectivity index (χ0n) is 13.8. The van der Waals surface area contributed by atoms with Crippen LogP contribution < -0.4 is 5.32 Å². The van der Waals surface area contributed by atoms with E-state index in [-0.39, 0.29) is 0 Å². The average molecular weight is 301 g/mol. The van der Waals surface area contributed by atoms with E-state index in [1.54, 1.807) is 0 Å². The van der Waals surface area contributed by atoms with Crippen LogP contribution in [-0.4, -0.2) is 0 Å². The van der Waals surface area contributed by atoms with Crippen molar-refractivity contribution >= 4 is 11.4 Å². The number of rotatable bonds is 5. The molecule has 0 saturated carbocycles. The first-order chi connectivity index (χ1) is 11.3. The Kier molecular flexibility index (Phi) is 4.77. The molecule has 23 heavy (non-hydrogen) atoms. The molecule has 3 aromatic carbocycles. The van der Waals surface area contributed by atoms with E-state index < -0.39 is 0 Å². The number of aryl methyl sites for hydroxylation is 2. The fourth-order valence-corrected chi connectivity index (χ4v) is 2.85. The van der Waals surface area contributed by atoms with E-state index in [1.165, 1.54) is 22.3 Å². The highest BCUT2D eigenvalue weighted by molar-refractivity contribution is 5.72. The Morgan fingerprint density at radius 1 is 0.783 bits per heavy atom. The Hall–Kier alpha value is -2.54. The molecular weight excluding hydrogens is 278 g/mol. The molecule has 0 fully saturated rings. The standard InChI is InChI=1S/C22H23N/c1-3-7-19-16-21(23-20-12-10-17(2)11-13-20)14-15-22(19)18-8-5-4-6-9-18/h4-6,8-16,23H,3,7H2,1-2H3. The van der Waals surface area contributed by atoms with Crippen molar-refractivity contribution in [2.45, 2.75) is 26.7 Å². The minimum absolute atomic E-state index is 1.09. The van der Waals surface area contributed by atoms with E-state index in [4.69, 9.17) is 0 Å². The molecule has 0 unspecified atom stereocenters. The van der Waals surface area contributed by atoms with Crippen molar-refractivity contribution < 1.29 is 0 Å². The van der Waals surface area contributed by atoms with Gasteiger partial charge in [-0.15, -0.1) is 0 Å². The van der Waals surface area contributed by atoms with Crippen molar-refractivity contribution in [3.05, 3.63) is 83.9 Å². The molecule has 0 aliphatic carbocycles. The molecule has 0 bridgehead atoms. The maximum Gasteiger partial charge on any atom is 0.0387 e. The first-order valence-corrected chi connectivity index (χ1v) is 8.28. The number of benzene rings is 3. The van der Waals surface area contributed by atoms with E-state index in [0.29, 0.717) is 0 Å². The van der Waals surface area contributed by atoms with Crippen LogP contribution in [0, 0.1) is 6.92 Å². The van der Waals surface area contributed by atoms with Gasteiger partial charge in [-0.2, -0.15) is 0 Å². The molecule has 0 aliphatic heterocycles. The zero-order valence-corrected chi connectivity index (χ0v) is 13.8. The third-order valence-electron chi connectivity index (χ3n) is 4.05. The molecule has 1 N–H and O–H groups in total. The topological polar surface area (TPSA) is 12.0 Å². The third kappa shape index (κ3) is 3.81. The Balaban J connectivity index is 1.91. The molecule has 0 saturated heterocycles. The number of hydrogen-bond donors (Lipinski definition) is 1. The molecule has 0 aliphatic rings. The van der Waals surface area contributed by atoms with Crippen molar-refractivity contribution in [3.63, 3.8) is 0 Å². The maximum absolute atomic E-state index is 3.51. The Morgan fingerprint density at radius 2 is 1.48 bits per heavy atom. The van der Waals surface area contributed by atoms with E-state index in [0.717, 1.165) is 24.2 Å². The summed E-state index contributed by atoms with van der Waals surface area (Å²) in [6.07, 6.45) is 2.24. The zero-order chi connectivity index (χ0) is 16.1. The van der Waals surface area contributed by atoms with Gasteiger partial charge in [0.05, 0.1) is 0 Å². The highest BCUT2D eigenvalue weighted by Crippen LogP contribution is 2.28. The summed E-state index contributed by atoms with van der Waals surface area (Å²) in [4.78, 5) is 0. The van der Waals surface area contributed by atoms with Crippen LogP contribution in [0.2, 0.25) is 0 Å². The minimum Gasteiger partial charge on any atom is -0.356 e. The fraction of sp³-hybridized carbons (Fsp3) is 0.182. The monoisotopic (exact) mass is 301 g/mol. The van der Waals surface area contributed by atoms with Crippen molar-refractivity contribution in [2.75, 3.05) is 5.32 Å². The summed E-state index contributed by atoms with van der Waals surface area (Å²) in [6.45, 7) is 4.34. The SMILES string of the molecule is CCCc1cc(Nc2ccc(C)cc2)ccc1-c1ccccc1. The highest BCUT2D eigenvalue weighted by Gasteiger charge is 2.06. The second-order valence-electron chi connectivity index (χ2n) is 5.98. The third-order valence-corrected chi connectivity index (χ3v) is 4.05. The fourth-order valence-electron chi connectivity index (χ4n) is 2.85. The summed E-state index contributed by atoms with van der Waals surface area (Å²) in [6, 6.07) is 25.8. The number of nitrogens with one attached hydrogen (secondary N) is 1. The van der Waals surface area contributed by atoms with Crippen LogP contribution in [0.25, 0.3) is 11.1 Å². The van der Waals surface area contributed by atoms with E-state index in [1.807, 2.05) is 0 Å². The highest BCUT2D eigenvalue weighted by atomic mass is 14.9. The second kappa shape index (κ2) is 7.15. The van der Waals surface area contributed by atoms with Crippen molar-refractivity contribution in [2.24, 2.45) is 0 Å². The predicted octanol–water partition coefficient (Wildman–Crippen LogP) is 6.36. The molecule has 3 aromatic rings. The van der Waals surface area contributed by atoms with Crippen LogP contribution in [0.5, 0.6) is 0 Å². The Labute approximate surface area is 139 Å². The molecule has 0 atom stereocenters. The molecule has 0 spiro atoms. The van der Waals surface area contributed by atoms with Crippen molar-refractivity contribution in [1.82, 2.24) is 0 Å². The van der Waals surface area contributed by atoms with Gasteiger partial charge in [0, 0.05) is 11.4 Å². The second-order valence-corrected chi connectivity index (χ2v) is 5.98. The van der Waals surface area contributed by atoms with Crippen LogP contribution >= 0.6 is 0 Å². The van der Waals surface area contributed by atoms with Gasteiger partial charge in [-0.05, 0) is 54.3 Å². The normalized spacial score (nSPS) is 10.5. The number of anilines is 2. The summed E-state index contributed by atoms with van der Waals surface area (Å²) in [5.74, 6) is 0. The molecule has 1 heteroatoms. The smallest absolute Gasteiger partial charge is 0.0387 e. The lowest BCUT2D eigenvalue weighted by molar-refractivity contribution is 0.924. The number of hydrogen-bond acceptors (Lipinski definition) is 1. The predicted molar refractivity (Wildman–Crippen MR) is 100 cm³/mol. The Morgan fingerprint density at radius 3 is 2.17 bits per heavy atom. The van der Waals surface area contributed by atoms with Crippen LogP contribution in [0.3, 0.4) is 0 Å². The molecule has 0 amide bonds.